The molecular formula is C47H29N2OP. The van der Waals surface area contributed by atoms with Crippen LogP contribution in [0.2, 0.25) is 0 Å². The first-order chi connectivity index (χ1) is 25.2. The van der Waals surface area contributed by atoms with E-state index in [-0.39, 0.29) is 0 Å². The van der Waals surface area contributed by atoms with Crippen molar-refractivity contribution in [3.05, 3.63) is 176 Å². The van der Waals surface area contributed by atoms with E-state index in [4.69, 9.17) is 4.98 Å². The first-order valence-electron chi connectivity index (χ1n) is 17.3. The van der Waals surface area contributed by atoms with Crippen LogP contribution < -0.4 is 15.9 Å². The fraction of sp³-hybridized carbons (Fsp3) is 0. The van der Waals surface area contributed by atoms with E-state index < -0.39 is 7.14 Å². The van der Waals surface area contributed by atoms with Gasteiger partial charge in [-0.25, -0.2) is 4.98 Å². The molecule has 2 aromatic heterocycles. The average molecular weight is 669 g/mol. The van der Waals surface area contributed by atoms with Gasteiger partial charge in [0, 0.05) is 21.4 Å². The molecule has 51 heavy (non-hydrogen) atoms. The van der Waals surface area contributed by atoms with Gasteiger partial charge in [0.15, 0.2) is 7.14 Å². The van der Waals surface area contributed by atoms with E-state index in [0.717, 1.165) is 97.4 Å². The maximum absolute atomic E-state index is 17.3. The van der Waals surface area contributed by atoms with Gasteiger partial charge in [-0.3, -0.25) is 4.40 Å². The molecule has 2 heterocycles. The van der Waals surface area contributed by atoms with E-state index in [0.29, 0.717) is 0 Å². The smallest absolute Gasteiger partial charge is 0.174 e. The number of aromatic nitrogens is 2. The molecule has 0 amide bonds. The molecule has 0 saturated heterocycles. The van der Waals surface area contributed by atoms with Crippen LogP contribution in [0.1, 0.15) is 0 Å². The maximum Gasteiger partial charge on any atom is 0.174 e. The third kappa shape index (κ3) is 3.95. The normalized spacial score (nSPS) is 13.3. The minimum absolute atomic E-state index is 0.811. The van der Waals surface area contributed by atoms with E-state index >= 15 is 4.57 Å². The Kier molecular flexibility index (Phi) is 5.94. The quantitative estimate of drug-likeness (QED) is 0.107. The predicted molar refractivity (Wildman–Crippen MR) is 217 cm³/mol. The summed E-state index contributed by atoms with van der Waals surface area (Å²) in [5.74, 6) is 0. The summed E-state index contributed by atoms with van der Waals surface area (Å²) in [5.41, 5.74) is 3.70. The molecule has 11 aromatic rings. The minimum atomic E-state index is -3.65. The van der Waals surface area contributed by atoms with E-state index in [1.54, 1.807) is 0 Å². The highest BCUT2D eigenvalue weighted by Gasteiger charge is 2.37. The van der Waals surface area contributed by atoms with E-state index in [1.807, 2.05) is 6.07 Å². The zero-order valence-corrected chi connectivity index (χ0v) is 28.4. The maximum atomic E-state index is 17.3. The van der Waals surface area contributed by atoms with Crippen molar-refractivity contribution in [3.8, 4) is 0 Å². The lowest BCUT2D eigenvalue weighted by molar-refractivity contribution is 0.593. The number of hydrogen-bond acceptors (Lipinski definition) is 2. The van der Waals surface area contributed by atoms with Crippen LogP contribution in [0.25, 0.3) is 81.4 Å². The summed E-state index contributed by atoms with van der Waals surface area (Å²) in [5, 5.41) is 14.3. The number of pyridine rings is 1. The molecule has 1 unspecified atom stereocenters. The molecule has 3 nitrogen and oxygen atoms in total. The summed E-state index contributed by atoms with van der Waals surface area (Å²) < 4.78 is 19.6. The van der Waals surface area contributed by atoms with Crippen molar-refractivity contribution in [2.24, 2.45) is 0 Å². The first-order valence-corrected chi connectivity index (χ1v) is 19.0. The molecule has 0 spiro atoms. The fourth-order valence-electron chi connectivity index (χ4n) is 8.47. The summed E-state index contributed by atoms with van der Waals surface area (Å²) in [4.78, 5) is 5.36. The lowest BCUT2D eigenvalue weighted by Crippen LogP contribution is -2.28. The molecule has 11 rings (SSSR count). The Bertz CT molecular complexity index is 3300. The second-order valence-corrected chi connectivity index (χ2v) is 16.1. The van der Waals surface area contributed by atoms with Gasteiger partial charge in [0.2, 0.25) is 0 Å². The highest BCUT2D eigenvalue weighted by atomic mass is 31.2. The van der Waals surface area contributed by atoms with Crippen LogP contribution in [-0.2, 0) is 4.57 Å². The highest BCUT2D eigenvalue weighted by molar-refractivity contribution is 7.86. The molecular weight excluding hydrogens is 640 g/mol. The van der Waals surface area contributed by atoms with Gasteiger partial charge >= 0.3 is 0 Å². The number of benzene rings is 9. The van der Waals surface area contributed by atoms with Gasteiger partial charge in [-0.1, -0.05) is 152 Å². The molecule has 0 fully saturated rings. The van der Waals surface area contributed by atoms with Crippen molar-refractivity contribution in [2.45, 2.75) is 0 Å². The van der Waals surface area contributed by atoms with E-state index in [2.05, 4.69) is 174 Å². The topological polar surface area (TPSA) is 34.4 Å². The van der Waals surface area contributed by atoms with Crippen molar-refractivity contribution < 1.29 is 4.57 Å². The van der Waals surface area contributed by atoms with Crippen LogP contribution in [0.3, 0.4) is 0 Å². The lowest BCUT2D eigenvalue weighted by Gasteiger charge is -2.26. The van der Waals surface area contributed by atoms with Crippen LogP contribution in [0.4, 0.5) is 0 Å². The first kappa shape index (κ1) is 28.5. The van der Waals surface area contributed by atoms with Crippen LogP contribution in [0.15, 0.2) is 176 Å². The predicted octanol–water partition coefficient (Wildman–Crippen LogP) is 11.0. The number of rotatable bonds is 3. The second-order valence-electron chi connectivity index (χ2n) is 13.5. The number of fused-ring (bicyclic) bond motifs is 13. The molecule has 0 aliphatic rings. The average Bonchev–Trinajstić information content (AvgIpc) is 3.59. The Balaban J connectivity index is 1.46. The summed E-state index contributed by atoms with van der Waals surface area (Å²) in [7, 11) is -3.65. The number of nitrogens with zero attached hydrogens (tertiary/aromatic N) is 2. The highest BCUT2D eigenvalue weighted by Crippen LogP contribution is 2.50. The van der Waals surface area contributed by atoms with Crippen molar-refractivity contribution in [1.82, 2.24) is 9.38 Å². The van der Waals surface area contributed by atoms with Gasteiger partial charge in [0.1, 0.15) is 5.65 Å². The largest absolute Gasteiger partial charge is 0.309 e. The standard InChI is InChI=1S/C47H29N2OP/c50-51(35-26-24-30-12-1-2-15-33(30)28-35,43-23-11-17-31-13-3-6-18-36(31)43)46-38-20-8-5-16-34(38)29-40-39-27-25-32-14-4-7-19-37(32)44(39)47-48-41-21-9-10-22-42(41)49(47)45(40)46/h1-29H. The Hall–Kier alpha value is -6.28. The molecule has 0 radical (unpaired) electrons. The molecule has 0 bridgehead atoms. The van der Waals surface area contributed by atoms with Crippen LogP contribution in [0, 0.1) is 0 Å². The van der Waals surface area contributed by atoms with Crippen molar-refractivity contribution in [3.63, 3.8) is 0 Å². The third-order valence-corrected chi connectivity index (χ3v) is 13.9. The Morgan fingerprint density at radius 1 is 0.451 bits per heavy atom. The van der Waals surface area contributed by atoms with Crippen molar-refractivity contribution >= 4 is 105 Å². The monoisotopic (exact) mass is 668 g/mol. The Morgan fingerprint density at radius 3 is 1.92 bits per heavy atom. The molecule has 0 saturated carbocycles. The minimum Gasteiger partial charge on any atom is -0.309 e. The van der Waals surface area contributed by atoms with Gasteiger partial charge < -0.3 is 4.57 Å². The van der Waals surface area contributed by atoms with Gasteiger partial charge in [0.05, 0.1) is 21.9 Å². The number of hydrogen-bond donors (Lipinski definition) is 0. The van der Waals surface area contributed by atoms with Gasteiger partial charge in [-0.05, 0) is 72.7 Å². The van der Waals surface area contributed by atoms with Crippen LogP contribution in [-0.4, -0.2) is 9.38 Å². The van der Waals surface area contributed by atoms with E-state index in [9.17, 15) is 0 Å². The van der Waals surface area contributed by atoms with Crippen molar-refractivity contribution in [2.75, 3.05) is 0 Å². The molecule has 9 aromatic carbocycles. The molecule has 238 valence electrons. The number of imidazole rings is 1. The van der Waals surface area contributed by atoms with Gasteiger partial charge in [0.25, 0.3) is 0 Å². The van der Waals surface area contributed by atoms with Gasteiger partial charge in [-0.2, -0.15) is 0 Å². The second kappa shape index (κ2) is 10.6. The Labute approximate surface area is 293 Å². The Morgan fingerprint density at radius 2 is 1.08 bits per heavy atom. The summed E-state index contributed by atoms with van der Waals surface area (Å²) in [6.45, 7) is 0. The molecule has 1 atom stereocenters. The molecule has 0 aliphatic heterocycles. The zero-order chi connectivity index (χ0) is 33.7. The molecule has 0 N–H and O–H groups in total. The summed E-state index contributed by atoms with van der Waals surface area (Å²) >= 11 is 0. The number of para-hydroxylation sites is 2. The molecule has 0 aliphatic carbocycles. The molecule has 4 heteroatoms. The fourth-order valence-corrected chi connectivity index (χ4v) is 11.8. The van der Waals surface area contributed by atoms with E-state index in [1.165, 1.54) is 0 Å². The van der Waals surface area contributed by atoms with Crippen LogP contribution >= 0.6 is 7.14 Å². The summed E-state index contributed by atoms with van der Waals surface area (Å²) in [6.07, 6.45) is 0. The van der Waals surface area contributed by atoms with Crippen LogP contribution in [0.5, 0.6) is 0 Å². The summed E-state index contributed by atoms with van der Waals surface area (Å²) in [6, 6.07) is 61.4. The third-order valence-electron chi connectivity index (χ3n) is 10.7. The van der Waals surface area contributed by atoms with Gasteiger partial charge in [-0.15, -0.1) is 0 Å². The SMILES string of the molecule is O=P(c1ccc2ccccc2c1)(c1cccc2ccccc12)c1c2ccccc2cc2c3ccc4ccccc4c3c3nc4ccccc4n3c12. The zero-order valence-electron chi connectivity index (χ0n) is 27.5. The van der Waals surface area contributed by atoms with Crippen molar-refractivity contribution in [1.29, 1.82) is 0 Å². The lowest BCUT2D eigenvalue weighted by atomic mass is 9.97.